The average Bonchev–Trinajstić information content (AvgIpc) is 2.55. The smallest absolute Gasteiger partial charge is 0.0701 e. The quantitative estimate of drug-likeness (QED) is 0.378. The second kappa shape index (κ2) is 11.6. The van der Waals surface area contributed by atoms with E-state index in [4.69, 9.17) is 14.2 Å². The maximum atomic E-state index is 5.69. The van der Waals surface area contributed by atoms with Crippen molar-refractivity contribution < 1.29 is 14.2 Å². The van der Waals surface area contributed by atoms with Crippen molar-refractivity contribution in [2.75, 3.05) is 50.8 Å². The van der Waals surface area contributed by atoms with Gasteiger partial charge in [0.05, 0.1) is 26.4 Å². The minimum Gasteiger partial charge on any atom is -0.382 e. The first-order chi connectivity index (χ1) is 10.3. The summed E-state index contributed by atoms with van der Waals surface area (Å²) >= 11 is 7.31. The second-order valence-electron chi connectivity index (χ2n) is 4.88. The molecule has 0 aliphatic rings. The van der Waals surface area contributed by atoms with Gasteiger partial charge < -0.3 is 14.2 Å². The van der Waals surface area contributed by atoms with E-state index in [2.05, 4.69) is 56.1 Å². The lowest BCUT2D eigenvalue weighted by atomic mass is 9.82. The molecule has 120 valence electrons. The number of rotatable bonds is 12. The summed E-state index contributed by atoms with van der Waals surface area (Å²) in [4.78, 5) is 0. The topological polar surface area (TPSA) is 27.7 Å². The van der Waals surface area contributed by atoms with Crippen molar-refractivity contribution in [1.82, 2.24) is 0 Å². The van der Waals surface area contributed by atoms with Crippen LogP contribution in [0.2, 0.25) is 0 Å². The van der Waals surface area contributed by atoms with E-state index in [-0.39, 0.29) is 5.41 Å². The number of ether oxygens (including phenoxy) is 3. The Labute approximate surface area is 144 Å². The Morgan fingerprint density at radius 3 is 2.00 bits per heavy atom. The van der Waals surface area contributed by atoms with Crippen LogP contribution in [0.25, 0.3) is 0 Å². The zero-order valence-corrected chi connectivity index (χ0v) is 15.7. The highest BCUT2D eigenvalue weighted by molar-refractivity contribution is 9.09. The average molecular weight is 424 g/mol. The van der Waals surface area contributed by atoms with E-state index in [0.717, 1.165) is 23.7 Å². The van der Waals surface area contributed by atoms with Gasteiger partial charge in [-0.3, -0.25) is 0 Å². The molecule has 0 atom stereocenters. The summed E-state index contributed by atoms with van der Waals surface area (Å²) in [7, 11) is 1.67. The lowest BCUT2D eigenvalue weighted by molar-refractivity contribution is 0.0217. The molecular weight excluding hydrogens is 400 g/mol. The van der Waals surface area contributed by atoms with Crippen LogP contribution in [0.1, 0.15) is 12.0 Å². The predicted molar refractivity (Wildman–Crippen MR) is 93.8 cm³/mol. The molecule has 5 heteroatoms. The van der Waals surface area contributed by atoms with Crippen molar-refractivity contribution >= 4 is 31.9 Å². The van der Waals surface area contributed by atoms with Crippen molar-refractivity contribution in [2.45, 2.75) is 11.8 Å². The van der Waals surface area contributed by atoms with Gasteiger partial charge in [0.1, 0.15) is 0 Å². The van der Waals surface area contributed by atoms with Crippen molar-refractivity contribution in [3.8, 4) is 0 Å². The molecule has 0 unspecified atom stereocenters. The Morgan fingerprint density at radius 2 is 1.43 bits per heavy atom. The summed E-state index contributed by atoms with van der Waals surface area (Å²) in [5, 5.41) is 1.81. The van der Waals surface area contributed by atoms with Crippen molar-refractivity contribution in [1.29, 1.82) is 0 Å². The largest absolute Gasteiger partial charge is 0.382 e. The summed E-state index contributed by atoms with van der Waals surface area (Å²) in [5.74, 6) is 0. The van der Waals surface area contributed by atoms with Crippen molar-refractivity contribution in [3.63, 3.8) is 0 Å². The standard InChI is InChI=1S/C16H24Br2O3/c1-19-9-10-21-12-11-20-8-7-16(13-17,14-18)15-5-3-2-4-6-15/h2-6H,7-14H2,1H3. The van der Waals surface area contributed by atoms with Crippen LogP contribution in [-0.4, -0.2) is 50.8 Å². The van der Waals surface area contributed by atoms with E-state index < -0.39 is 0 Å². The number of alkyl halides is 2. The molecule has 3 nitrogen and oxygen atoms in total. The molecule has 0 heterocycles. The van der Waals surface area contributed by atoms with Gasteiger partial charge in [-0.2, -0.15) is 0 Å². The molecule has 0 N–H and O–H groups in total. The number of methoxy groups -OCH3 is 1. The fourth-order valence-corrected chi connectivity index (χ4v) is 4.13. The summed E-state index contributed by atoms with van der Waals surface area (Å²) in [5.41, 5.74) is 1.40. The fourth-order valence-electron chi connectivity index (χ4n) is 1.99. The first kappa shape index (κ1) is 19.1. The Balaban J connectivity index is 2.32. The monoisotopic (exact) mass is 422 g/mol. The fraction of sp³-hybridized carbons (Fsp3) is 0.625. The van der Waals surface area contributed by atoms with E-state index in [1.54, 1.807) is 7.11 Å². The molecule has 0 amide bonds. The van der Waals surface area contributed by atoms with E-state index in [0.29, 0.717) is 26.4 Å². The lowest BCUT2D eigenvalue weighted by Crippen LogP contribution is -2.32. The molecule has 0 aliphatic heterocycles. The normalized spacial score (nSPS) is 11.8. The Bertz CT molecular complexity index is 356. The van der Waals surface area contributed by atoms with Gasteiger partial charge in [-0.05, 0) is 12.0 Å². The van der Waals surface area contributed by atoms with Crippen molar-refractivity contribution in [2.24, 2.45) is 0 Å². The maximum absolute atomic E-state index is 5.69. The molecule has 1 aromatic carbocycles. The van der Waals surface area contributed by atoms with Gasteiger partial charge in [-0.1, -0.05) is 62.2 Å². The molecule has 0 aliphatic carbocycles. The highest BCUT2D eigenvalue weighted by atomic mass is 79.9. The summed E-state index contributed by atoms with van der Waals surface area (Å²) < 4.78 is 16.0. The third-order valence-corrected chi connectivity index (χ3v) is 5.57. The zero-order valence-electron chi connectivity index (χ0n) is 12.5. The van der Waals surface area contributed by atoms with E-state index >= 15 is 0 Å². The molecule has 0 saturated heterocycles. The van der Waals surface area contributed by atoms with Crippen LogP contribution in [0, 0.1) is 0 Å². The Hall–Kier alpha value is 0.0600. The van der Waals surface area contributed by atoms with E-state index in [1.165, 1.54) is 5.56 Å². The number of hydrogen-bond acceptors (Lipinski definition) is 3. The van der Waals surface area contributed by atoms with Crippen LogP contribution in [0.4, 0.5) is 0 Å². The number of hydrogen-bond donors (Lipinski definition) is 0. The molecular formula is C16H24Br2O3. The first-order valence-electron chi connectivity index (χ1n) is 7.11. The SMILES string of the molecule is COCCOCCOCCC(CBr)(CBr)c1ccccc1. The van der Waals surface area contributed by atoms with E-state index in [1.807, 2.05) is 6.07 Å². The molecule has 0 spiro atoms. The van der Waals surface area contributed by atoms with Gasteiger partial charge in [-0.15, -0.1) is 0 Å². The molecule has 21 heavy (non-hydrogen) atoms. The number of halogens is 2. The molecule has 0 aromatic heterocycles. The second-order valence-corrected chi connectivity index (χ2v) is 6.00. The summed E-state index contributed by atoms with van der Waals surface area (Å²) in [6.07, 6.45) is 0.964. The van der Waals surface area contributed by atoms with Crippen LogP contribution in [0.15, 0.2) is 30.3 Å². The first-order valence-corrected chi connectivity index (χ1v) is 9.35. The predicted octanol–water partition coefficient (Wildman–Crippen LogP) is 3.78. The lowest BCUT2D eigenvalue weighted by Gasteiger charge is -2.30. The van der Waals surface area contributed by atoms with Crippen LogP contribution >= 0.6 is 31.9 Å². The van der Waals surface area contributed by atoms with Crippen molar-refractivity contribution in [3.05, 3.63) is 35.9 Å². The summed E-state index contributed by atoms with van der Waals surface area (Å²) in [6, 6.07) is 10.6. The van der Waals surface area contributed by atoms with Gasteiger partial charge in [-0.25, -0.2) is 0 Å². The van der Waals surface area contributed by atoms with Gasteiger partial charge in [0.15, 0.2) is 0 Å². The summed E-state index contributed by atoms with van der Waals surface area (Å²) in [6.45, 7) is 3.21. The molecule has 0 radical (unpaired) electrons. The highest BCUT2D eigenvalue weighted by Gasteiger charge is 2.29. The molecule has 1 rings (SSSR count). The Kier molecular flexibility index (Phi) is 10.6. The van der Waals surface area contributed by atoms with Gasteiger partial charge in [0, 0.05) is 29.8 Å². The third-order valence-electron chi connectivity index (χ3n) is 3.43. The third kappa shape index (κ3) is 6.78. The minimum absolute atomic E-state index is 0.0676. The maximum Gasteiger partial charge on any atom is 0.0701 e. The zero-order chi connectivity index (χ0) is 15.4. The van der Waals surface area contributed by atoms with Crippen LogP contribution < -0.4 is 0 Å². The number of benzene rings is 1. The molecule has 0 bridgehead atoms. The molecule has 0 saturated carbocycles. The minimum atomic E-state index is 0.0676. The van der Waals surface area contributed by atoms with Crippen LogP contribution in [0.3, 0.4) is 0 Å². The highest BCUT2D eigenvalue weighted by Crippen LogP contribution is 2.32. The van der Waals surface area contributed by atoms with E-state index in [9.17, 15) is 0 Å². The Morgan fingerprint density at radius 1 is 0.857 bits per heavy atom. The van der Waals surface area contributed by atoms with Gasteiger partial charge in [0.25, 0.3) is 0 Å². The van der Waals surface area contributed by atoms with Crippen LogP contribution in [0.5, 0.6) is 0 Å². The molecule has 0 fully saturated rings. The van der Waals surface area contributed by atoms with Gasteiger partial charge in [0.2, 0.25) is 0 Å². The molecule has 1 aromatic rings. The van der Waals surface area contributed by atoms with Gasteiger partial charge >= 0.3 is 0 Å². The van der Waals surface area contributed by atoms with Crippen LogP contribution in [-0.2, 0) is 19.6 Å².